The summed E-state index contributed by atoms with van der Waals surface area (Å²) in [4.78, 5) is 48.5. The molecule has 0 saturated heterocycles. The van der Waals surface area contributed by atoms with Crippen LogP contribution in [0, 0.1) is 14.9 Å². The second-order valence-corrected chi connectivity index (χ2v) is 6.02. The molecule has 4 rings (SSSR count). The van der Waals surface area contributed by atoms with Crippen LogP contribution in [0.4, 0.5) is 0 Å². The Morgan fingerprint density at radius 1 is 0.781 bits per heavy atom. The van der Waals surface area contributed by atoms with Crippen molar-refractivity contribution in [3.05, 3.63) is 85.6 Å². The van der Waals surface area contributed by atoms with Gasteiger partial charge in [0, 0.05) is 50.6 Å². The Morgan fingerprint density at radius 3 is 1.34 bits per heavy atom. The van der Waals surface area contributed by atoms with Gasteiger partial charge in [0.05, 0.1) is 22.3 Å². The summed E-state index contributed by atoms with van der Waals surface area (Å²) in [5.74, 6) is -0.744. The largest absolute Gasteiger partial charge is 0.358 e. The second-order valence-electron chi connectivity index (χ2n) is 6.02. The van der Waals surface area contributed by atoms with E-state index in [1.165, 1.54) is 19.4 Å². The Labute approximate surface area is 222 Å². The SMILES string of the molecule is CC.CCCN1C(=O)c2ccccc2C1=O.CN1C(=O)c2ccccc2C1=O.[2H]C.[2H][2H].[CH3-].[CH3-].[Y]. The van der Waals surface area contributed by atoms with Crippen molar-refractivity contribution < 1.29 is 56.2 Å². The van der Waals surface area contributed by atoms with Crippen LogP contribution in [0.15, 0.2) is 48.5 Å². The molecule has 7 heteroatoms. The standard InChI is InChI=1S/C11H11NO2.C9H7NO2.C2H6.CH4.2CH3.Y.H2/c1-2-7-12-10(13)8-5-3-4-6-9(8)11(12)14;1-10-8(11)6-4-2-3-5-7(6)9(10)12;1-2;;;;;/h3-6H,2,7H2,1H3;2-5H,1H3;1-2H3;1H4;2*1H3;;1H/q;;;;2*-1;;/i;;;1D;;;;1+1D. The summed E-state index contributed by atoms with van der Waals surface area (Å²) in [5.41, 5.74) is 2.08. The summed E-state index contributed by atoms with van der Waals surface area (Å²) in [5, 5.41) is 0. The van der Waals surface area contributed by atoms with Crippen molar-refractivity contribution in [1.29, 1.82) is 0 Å². The Hall–Kier alpha value is -2.18. The van der Waals surface area contributed by atoms with Gasteiger partial charge in [-0.05, 0) is 30.7 Å². The molecular formula is C25H36N2O4Y-2. The monoisotopic (exact) mass is 520 g/mol. The first-order valence-electron chi connectivity index (χ1n) is 11.3. The molecule has 0 unspecified atom stereocenters. The van der Waals surface area contributed by atoms with Crippen molar-refractivity contribution >= 4 is 23.6 Å². The van der Waals surface area contributed by atoms with Gasteiger partial charge in [-0.15, -0.1) is 0 Å². The molecule has 0 spiro atoms. The van der Waals surface area contributed by atoms with E-state index in [1.54, 1.807) is 48.5 Å². The van der Waals surface area contributed by atoms with Gasteiger partial charge in [0.2, 0.25) is 0 Å². The predicted molar refractivity (Wildman–Crippen MR) is 128 cm³/mol. The zero-order chi connectivity index (χ0) is 24.8. The quantitative estimate of drug-likeness (QED) is 0.392. The first kappa shape index (κ1) is 29.8. The van der Waals surface area contributed by atoms with Gasteiger partial charge in [-0.2, -0.15) is 0 Å². The number of hydrogen-bond donors (Lipinski definition) is 0. The molecule has 0 aliphatic carbocycles. The third kappa shape index (κ3) is 6.66. The van der Waals surface area contributed by atoms with E-state index in [1.807, 2.05) is 20.8 Å². The van der Waals surface area contributed by atoms with Crippen molar-refractivity contribution in [3.8, 4) is 0 Å². The summed E-state index contributed by atoms with van der Waals surface area (Å²) in [6.45, 7) is 6.45. The molecule has 0 saturated carbocycles. The Bertz CT molecular complexity index is 872. The molecule has 0 bridgehead atoms. The number of carbonyl (C=O) groups is 4. The molecule has 0 N–H and O–H groups in total. The smallest absolute Gasteiger partial charge is 0.261 e. The van der Waals surface area contributed by atoms with Gasteiger partial charge in [0.15, 0.2) is 0 Å². The Morgan fingerprint density at radius 2 is 1.06 bits per heavy atom. The fourth-order valence-corrected chi connectivity index (χ4v) is 2.98. The fraction of sp³-hybridized carbons (Fsp3) is 0.280. The van der Waals surface area contributed by atoms with Gasteiger partial charge in [-0.3, -0.25) is 29.0 Å². The van der Waals surface area contributed by atoms with E-state index in [2.05, 4.69) is 0 Å². The molecule has 2 aromatic carbocycles. The molecule has 2 aromatic rings. The molecule has 2 aliphatic rings. The van der Waals surface area contributed by atoms with E-state index in [0.717, 1.165) is 11.3 Å². The Balaban J connectivity index is -0.000000212. The molecule has 32 heavy (non-hydrogen) atoms. The molecule has 2 heterocycles. The van der Waals surface area contributed by atoms with E-state index < -0.39 is 0 Å². The number of carbonyl (C=O) groups excluding carboxylic acids is 4. The normalized spacial score (nSPS) is 12.8. The minimum Gasteiger partial charge on any atom is -0.358 e. The van der Waals surface area contributed by atoms with Crippen LogP contribution in [0.5, 0.6) is 0 Å². The molecule has 175 valence electrons. The van der Waals surface area contributed by atoms with Crippen LogP contribution in [-0.4, -0.2) is 47.0 Å². The summed E-state index contributed by atoms with van der Waals surface area (Å²) in [6, 6.07) is 13.8. The predicted octanol–water partition coefficient (Wildman–Crippen LogP) is 5.41. The van der Waals surface area contributed by atoms with E-state index >= 15 is 0 Å². The zero-order valence-electron chi connectivity index (χ0n) is 23.1. The molecule has 4 amide bonds. The summed E-state index contributed by atoms with van der Waals surface area (Å²) in [6.07, 6.45) is 0.797. The molecule has 0 fully saturated rings. The maximum Gasteiger partial charge on any atom is 0.261 e. The van der Waals surface area contributed by atoms with E-state index in [9.17, 15) is 19.2 Å². The van der Waals surface area contributed by atoms with Gasteiger partial charge in [0.25, 0.3) is 23.6 Å². The van der Waals surface area contributed by atoms with Gasteiger partial charge >= 0.3 is 0 Å². The summed E-state index contributed by atoms with van der Waals surface area (Å²) >= 11 is 0. The van der Waals surface area contributed by atoms with Crippen molar-refractivity contribution in [3.63, 3.8) is 0 Å². The van der Waals surface area contributed by atoms with Gasteiger partial charge in [-0.25, -0.2) is 0 Å². The third-order valence-corrected chi connectivity index (χ3v) is 4.32. The van der Waals surface area contributed by atoms with Crippen molar-refractivity contribution in [1.82, 2.24) is 9.80 Å². The third-order valence-electron chi connectivity index (χ3n) is 4.32. The molecular weight excluding hydrogens is 481 g/mol. The first-order chi connectivity index (χ1) is 15.5. The van der Waals surface area contributed by atoms with Crippen molar-refractivity contribution in [2.24, 2.45) is 0 Å². The van der Waals surface area contributed by atoms with Gasteiger partial charge in [0.1, 0.15) is 0 Å². The van der Waals surface area contributed by atoms with Gasteiger partial charge < -0.3 is 14.9 Å². The summed E-state index contributed by atoms with van der Waals surface area (Å²) in [7, 11) is 2.74. The summed E-state index contributed by atoms with van der Waals surface area (Å²) < 4.78 is 15.8. The number of benzene rings is 2. The zero-order valence-corrected chi connectivity index (χ0v) is 23.0. The van der Waals surface area contributed by atoms with Crippen molar-refractivity contribution in [2.45, 2.75) is 34.6 Å². The van der Waals surface area contributed by atoms with Crippen LogP contribution in [0.25, 0.3) is 0 Å². The van der Waals surface area contributed by atoms with E-state index in [-0.39, 0.29) is 71.2 Å². The van der Waals surface area contributed by atoms with Crippen LogP contribution in [0.2, 0.25) is 0 Å². The fourth-order valence-electron chi connectivity index (χ4n) is 2.98. The van der Waals surface area contributed by atoms with Crippen LogP contribution < -0.4 is 0 Å². The van der Waals surface area contributed by atoms with Crippen molar-refractivity contribution in [2.75, 3.05) is 13.6 Å². The molecule has 0 aromatic heterocycles. The molecule has 2 aliphatic heterocycles. The maximum atomic E-state index is 11.7. The number of fused-ring (bicyclic) bond motifs is 2. The van der Waals surface area contributed by atoms with Crippen LogP contribution in [-0.2, 0) is 32.7 Å². The topological polar surface area (TPSA) is 74.8 Å². The number of hydrogen-bond acceptors (Lipinski definition) is 4. The number of rotatable bonds is 2. The van der Waals surface area contributed by atoms with E-state index in [0.29, 0.717) is 28.8 Å². The second kappa shape index (κ2) is 15.6. The van der Waals surface area contributed by atoms with E-state index in [4.69, 9.17) is 4.34 Å². The maximum absolute atomic E-state index is 11.7. The number of nitrogens with zero attached hydrogens (tertiary/aromatic N) is 2. The number of imide groups is 2. The Kier molecular flexibility index (Phi) is 14.5. The first-order valence-corrected chi connectivity index (χ1v) is 9.34. The van der Waals surface area contributed by atoms with Crippen LogP contribution in [0.3, 0.4) is 0 Å². The van der Waals surface area contributed by atoms with Gasteiger partial charge in [-0.1, -0.05) is 52.4 Å². The molecule has 6 nitrogen and oxygen atoms in total. The number of amides is 4. The molecule has 1 radical (unpaired) electrons. The minimum atomic E-state index is -0.212. The molecule has 0 atom stereocenters. The average Bonchev–Trinajstić information content (AvgIpc) is 3.24. The van der Waals surface area contributed by atoms with Crippen LogP contribution in [0.1, 0.15) is 80.4 Å². The minimum absolute atomic E-state index is 0. The van der Waals surface area contributed by atoms with Crippen LogP contribution >= 0.6 is 0 Å². The average molecular weight is 520 g/mol.